The van der Waals surface area contributed by atoms with Crippen LogP contribution in [0.5, 0.6) is 5.75 Å². The average molecular weight is 285 g/mol. The van der Waals surface area contributed by atoms with Crippen molar-refractivity contribution < 1.29 is 14.3 Å². The van der Waals surface area contributed by atoms with Gasteiger partial charge in [0.2, 0.25) is 0 Å². The van der Waals surface area contributed by atoms with E-state index in [9.17, 15) is 9.59 Å². The first kappa shape index (κ1) is 15.3. The lowest BCUT2D eigenvalue weighted by atomic mass is 10.2. The summed E-state index contributed by atoms with van der Waals surface area (Å²) in [5.74, 6) is -0.325. The van der Waals surface area contributed by atoms with Crippen LogP contribution in [-0.4, -0.2) is 25.0 Å². The first-order valence-corrected chi connectivity index (χ1v) is 6.26. The maximum Gasteiger partial charge on any atom is 0.257 e. The number of carbonyl (C=O) groups is 2. The summed E-state index contributed by atoms with van der Waals surface area (Å²) in [5, 5.41) is 3.11. The molecule has 0 aliphatic rings. The van der Waals surface area contributed by atoms with E-state index in [1.165, 1.54) is 18.2 Å². The summed E-state index contributed by atoms with van der Waals surface area (Å²) in [4.78, 5) is 22.7. The van der Waals surface area contributed by atoms with Gasteiger partial charge in [0, 0.05) is 11.6 Å². The Bertz CT molecular complexity index is 475. The highest BCUT2D eigenvalue weighted by Gasteiger charge is 2.11. The number of hydrogen-bond acceptors (Lipinski definition) is 3. The Morgan fingerprint density at radius 3 is 2.68 bits per heavy atom. The maximum absolute atomic E-state index is 11.5. The first-order valence-electron chi connectivity index (χ1n) is 5.89. The van der Waals surface area contributed by atoms with E-state index in [-0.39, 0.29) is 23.8 Å². The lowest BCUT2D eigenvalue weighted by Gasteiger charge is -2.11. The molecule has 0 saturated heterocycles. The van der Waals surface area contributed by atoms with Gasteiger partial charge in [0.1, 0.15) is 5.75 Å². The second kappa shape index (κ2) is 6.99. The molecule has 19 heavy (non-hydrogen) atoms. The van der Waals surface area contributed by atoms with Crippen molar-refractivity contribution >= 4 is 23.4 Å². The third kappa shape index (κ3) is 5.18. The van der Waals surface area contributed by atoms with E-state index in [1.807, 2.05) is 13.8 Å². The standard InChI is InChI=1S/C13H17ClN2O3/c1-8(2)6-16-12(17)7-19-11-5-9(14)3-4-10(11)13(15)18/h3-5,8H,6-7H2,1-2H3,(H2,15,18)(H,16,17). The van der Waals surface area contributed by atoms with E-state index in [2.05, 4.69) is 5.32 Å². The summed E-state index contributed by atoms with van der Waals surface area (Å²) in [7, 11) is 0. The molecule has 0 atom stereocenters. The Balaban J connectivity index is 2.64. The number of amides is 2. The molecule has 3 N–H and O–H groups in total. The third-order valence-electron chi connectivity index (χ3n) is 2.28. The fourth-order valence-corrected chi connectivity index (χ4v) is 1.49. The van der Waals surface area contributed by atoms with Crippen LogP contribution in [-0.2, 0) is 4.79 Å². The number of benzene rings is 1. The number of nitrogens with one attached hydrogen (secondary N) is 1. The largest absolute Gasteiger partial charge is 0.483 e. The minimum atomic E-state index is -0.630. The van der Waals surface area contributed by atoms with Crippen LogP contribution >= 0.6 is 11.6 Å². The van der Waals surface area contributed by atoms with E-state index in [4.69, 9.17) is 22.1 Å². The maximum atomic E-state index is 11.5. The van der Waals surface area contributed by atoms with Crippen LogP contribution in [0.2, 0.25) is 5.02 Å². The number of carbonyl (C=O) groups excluding carboxylic acids is 2. The van der Waals surface area contributed by atoms with Crippen molar-refractivity contribution in [2.75, 3.05) is 13.2 Å². The van der Waals surface area contributed by atoms with Crippen LogP contribution in [0.4, 0.5) is 0 Å². The molecule has 0 radical (unpaired) electrons. The smallest absolute Gasteiger partial charge is 0.257 e. The minimum Gasteiger partial charge on any atom is -0.483 e. The molecule has 104 valence electrons. The molecule has 1 aromatic rings. The summed E-state index contributed by atoms with van der Waals surface area (Å²) >= 11 is 5.81. The van der Waals surface area contributed by atoms with Crippen LogP contribution < -0.4 is 15.8 Å². The van der Waals surface area contributed by atoms with Gasteiger partial charge in [-0.1, -0.05) is 25.4 Å². The zero-order valence-electron chi connectivity index (χ0n) is 10.9. The Morgan fingerprint density at radius 2 is 2.11 bits per heavy atom. The fraction of sp³-hybridized carbons (Fsp3) is 0.385. The quantitative estimate of drug-likeness (QED) is 0.832. The van der Waals surface area contributed by atoms with Gasteiger partial charge in [0.05, 0.1) is 5.56 Å². The summed E-state index contributed by atoms with van der Waals surface area (Å²) in [6.45, 7) is 4.36. The van der Waals surface area contributed by atoms with E-state index < -0.39 is 5.91 Å². The van der Waals surface area contributed by atoms with E-state index >= 15 is 0 Å². The molecule has 1 rings (SSSR count). The predicted molar refractivity (Wildman–Crippen MR) is 73.3 cm³/mol. The summed E-state index contributed by atoms with van der Waals surface area (Å²) in [6, 6.07) is 4.46. The average Bonchev–Trinajstić information content (AvgIpc) is 2.33. The van der Waals surface area contributed by atoms with Crippen molar-refractivity contribution in [3.05, 3.63) is 28.8 Å². The van der Waals surface area contributed by atoms with Gasteiger partial charge in [-0.05, 0) is 24.1 Å². The molecule has 0 spiro atoms. The van der Waals surface area contributed by atoms with Gasteiger partial charge >= 0.3 is 0 Å². The molecule has 0 aliphatic heterocycles. The molecule has 0 aliphatic carbocycles. The minimum absolute atomic E-state index is 0.187. The highest BCUT2D eigenvalue weighted by molar-refractivity contribution is 6.30. The lowest BCUT2D eigenvalue weighted by molar-refractivity contribution is -0.123. The van der Waals surface area contributed by atoms with Gasteiger partial charge in [0.25, 0.3) is 11.8 Å². The van der Waals surface area contributed by atoms with Crippen LogP contribution in [0.25, 0.3) is 0 Å². The number of halogens is 1. The number of primary amides is 1. The Morgan fingerprint density at radius 1 is 1.42 bits per heavy atom. The number of ether oxygens (including phenoxy) is 1. The van der Waals surface area contributed by atoms with Crippen molar-refractivity contribution in [2.24, 2.45) is 11.7 Å². The zero-order valence-corrected chi connectivity index (χ0v) is 11.7. The van der Waals surface area contributed by atoms with Crippen LogP contribution in [0.15, 0.2) is 18.2 Å². The van der Waals surface area contributed by atoms with Crippen molar-refractivity contribution in [3.8, 4) is 5.75 Å². The van der Waals surface area contributed by atoms with Crippen LogP contribution in [0.1, 0.15) is 24.2 Å². The van der Waals surface area contributed by atoms with Gasteiger partial charge in [-0.25, -0.2) is 0 Å². The number of rotatable bonds is 6. The third-order valence-corrected chi connectivity index (χ3v) is 2.51. The van der Waals surface area contributed by atoms with Gasteiger partial charge in [-0.3, -0.25) is 9.59 Å². The summed E-state index contributed by atoms with van der Waals surface area (Å²) in [6.07, 6.45) is 0. The first-order chi connectivity index (χ1) is 8.90. The topological polar surface area (TPSA) is 81.4 Å². The molecule has 6 heteroatoms. The van der Waals surface area contributed by atoms with Crippen molar-refractivity contribution in [2.45, 2.75) is 13.8 Å². The summed E-state index contributed by atoms with van der Waals surface area (Å²) < 4.78 is 5.28. The Kier molecular flexibility index (Phi) is 5.63. The molecule has 0 heterocycles. The van der Waals surface area contributed by atoms with Crippen molar-refractivity contribution in [1.29, 1.82) is 0 Å². The van der Waals surface area contributed by atoms with Crippen LogP contribution in [0, 0.1) is 5.92 Å². The number of nitrogens with two attached hydrogens (primary N) is 1. The summed E-state index contributed by atoms with van der Waals surface area (Å²) in [5.41, 5.74) is 5.40. The fourth-order valence-electron chi connectivity index (χ4n) is 1.33. The lowest BCUT2D eigenvalue weighted by Crippen LogP contribution is -2.32. The van der Waals surface area contributed by atoms with Gasteiger partial charge in [-0.15, -0.1) is 0 Å². The van der Waals surface area contributed by atoms with E-state index in [0.717, 1.165) is 0 Å². The van der Waals surface area contributed by atoms with E-state index in [0.29, 0.717) is 17.5 Å². The zero-order chi connectivity index (χ0) is 14.4. The molecule has 0 bridgehead atoms. The molecular weight excluding hydrogens is 268 g/mol. The molecule has 2 amide bonds. The van der Waals surface area contributed by atoms with Gasteiger partial charge in [-0.2, -0.15) is 0 Å². The molecule has 0 fully saturated rings. The molecule has 1 aromatic carbocycles. The highest BCUT2D eigenvalue weighted by Crippen LogP contribution is 2.22. The van der Waals surface area contributed by atoms with E-state index in [1.54, 1.807) is 0 Å². The monoisotopic (exact) mass is 284 g/mol. The molecular formula is C13H17ClN2O3. The van der Waals surface area contributed by atoms with Crippen LogP contribution in [0.3, 0.4) is 0 Å². The molecule has 0 saturated carbocycles. The predicted octanol–water partition coefficient (Wildman–Crippen LogP) is 1.59. The number of hydrogen-bond donors (Lipinski definition) is 2. The normalized spacial score (nSPS) is 10.3. The second-order valence-electron chi connectivity index (χ2n) is 4.49. The van der Waals surface area contributed by atoms with Crippen molar-refractivity contribution in [3.63, 3.8) is 0 Å². The molecule has 5 nitrogen and oxygen atoms in total. The SMILES string of the molecule is CC(C)CNC(=O)COc1cc(Cl)ccc1C(N)=O. The van der Waals surface area contributed by atoms with Gasteiger partial charge < -0.3 is 15.8 Å². The Labute approximate surface area is 117 Å². The Hall–Kier alpha value is -1.75. The highest BCUT2D eigenvalue weighted by atomic mass is 35.5. The van der Waals surface area contributed by atoms with Crippen molar-refractivity contribution in [1.82, 2.24) is 5.32 Å². The molecule has 0 aromatic heterocycles. The van der Waals surface area contributed by atoms with Gasteiger partial charge in [0.15, 0.2) is 6.61 Å². The second-order valence-corrected chi connectivity index (χ2v) is 4.93. The molecule has 0 unspecified atom stereocenters.